The van der Waals surface area contributed by atoms with E-state index in [4.69, 9.17) is 4.74 Å². The van der Waals surface area contributed by atoms with Crippen LogP contribution < -0.4 is 10.9 Å². The molecule has 7 nitrogen and oxygen atoms in total. The SMILES string of the molecule is COCC1(CNC(=O)[C@H]2[C@H]3C[C@H](CN(C(C)=O)C3)c3cccc(=O)n32)CCC1. The number of pyridine rings is 1. The molecule has 3 heterocycles. The number of piperidine rings is 1. The number of hydrogen-bond donors (Lipinski definition) is 1. The molecule has 0 aromatic carbocycles. The molecular weight excluding hydrogens is 358 g/mol. The summed E-state index contributed by atoms with van der Waals surface area (Å²) in [7, 11) is 1.69. The molecule has 152 valence electrons. The predicted molar refractivity (Wildman–Crippen MR) is 104 cm³/mol. The highest BCUT2D eigenvalue weighted by atomic mass is 16.5. The Bertz CT molecular complexity index is 829. The molecule has 3 aliphatic rings. The number of nitrogens with one attached hydrogen (secondary N) is 1. The van der Waals surface area contributed by atoms with Crippen LogP contribution in [-0.2, 0) is 14.3 Å². The van der Waals surface area contributed by atoms with Crippen molar-refractivity contribution >= 4 is 11.8 Å². The van der Waals surface area contributed by atoms with Crippen molar-refractivity contribution in [2.75, 3.05) is 33.4 Å². The van der Waals surface area contributed by atoms with Gasteiger partial charge >= 0.3 is 0 Å². The lowest BCUT2D eigenvalue weighted by Crippen LogP contribution is -2.55. The van der Waals surface area contributed by atoms with Gasteiger partial charge in [-0.1, -0.05) is 12.5 Å². The zero-order valence-corrected chi connectivity index (χ0v) is 16.6. The van der Waals surface area contributed by atoms with Gasteiger partial charge in [-0.25, -0.2) is 0 Å². The van der Waals surface area contributed by atoms with Crippen LogP contribution in [0.5, 0.6) is 0 Å². The van der Waals surface area contributed by atoms with E-state index in [2.05, 4.69) is 5.32 Å². The van der Waals surface area contributed by atoms with Gasteiger partial charge in [0.2, 0.25) is 11.8 Å². The summed E-state index contributed by atoms with van der Waals surface area (Å²) in [5, 5.41) is 3.11. The fourth-order valence-corrected chi connectivity index (χ4v) is 5.26. The summed E-state index contributed by atoms with van der Waals surface area (Å²) in [5.74, 6) is -0.0398. The number of carbonyl (C=O) groups is 2. The topological polar surface area (TPSA) is 80.6 Å². The van der Waals surface area contributed by atoms with Gasteiger partial charge in [-0.2, -0.15) is 0 Å². The summed E-state index contributed by atoms with van der Waals surface area (Å²) in [6.45, 7) is 3.91. The molecule has 2 aliphatic heterocycles. The number of ether oxygens (including phenoxy) is 1. The van der Waals surface area contributed by atoms with Crippen molar-refractivity contribution in [3.05, 3.63) is 34.2 Å². The molecule has 1 saturated heterocycles. The number of amides is 2. The Morgan fingerprint density at radius 3 is 2.71 bits per heavy atom. The van der Waals surface area contributed by atoms with Gasteiger partial charge in [0.1, 0.15) is 6.04 Å². The Balaban J connectivity index is 1.61. The van der Waals surface area contributed by atoms with E-state index in [0.29, 0.717) is 26.2 Å². The van der Waals surface area contributed by atoms with Gasteiger partial charge in [-0.05, 0) is 25.3 Å². The van der Waals surface area contributed by atoms with Crippen LogP contribution in [0.1, 0.15) is 50.3 Å². The summed E-state index contributed by atoms with van der Waals surface area (Å²) >= 11 is 0. The molecule has 2 fully saturated rings. The summed E-state index contributed by atoms with van der Waals surface area (Å²) in [6.07, 6.45) is 4.08. The average molecular weight is 387 g/mol. The molecule has 3 atom stereocenters. The summed E-state index contributed by atoms with van der Waals surface area (Å²) < 4.78 is 7.03. The maximum absolute atomic E-state index is 13.3. The molecular formula is C21H29N3O4. The first-order chi connectivity index (χ1) is 13.4. The normalized spacial score (nSPS) is 27.5. The number of carbonyl (C=O) groups excluding carboxylic acids is 2. The van der Waals surface area contributed by atoms with Crippen LogP contribution in [-0.4, -0.2) is 54.6 Å². The molecule has 1 aromatic heterocycles. The summed E-state index contributed by atoms with van der Waals surface area (Å²) in [4.78, 5) is 39.8. The molecule has 2 amide bonds. The standard InChI is InChI=1S/C21H29N3O4/c1-14(25)23-10-15-9-16(11-23)19(24-17(15)5-3-6-18(24)26)20(27)22-12-21(13-28-2)7-4-8-21/h3,5-6,15-16,19H,4,7-13H2,1-2H3,(H,22,27)/t15-,16+,19-/m1/s1. The van der Waals surface area contributed by atoms with Crippen molar-refractivity contribution in [1.29, 1.82) is 0 Å². The fourth-order valence-electron chi connectivity index (χ4n) is 5.26. The van der Waals surface area contributed by atoms with Crippen LogP contribution >= 0.6 is 0 Å². The van der Waals surface area contributed by atoms with Crippen LogP contribution in [0.3, 0.4) is 0 Å². The highest BCUT2D eigenvalue weighted by molar-refractivity contribution is 5.81. The number of hydrogen-bond acceptors (Lipinski definition) is 4. The first-order valence-electron chi connectivity index (χ1n) is 10.2. The largest absolute Gasteiger partial charge is 0.384 e. The van der Waals surface area contributed by atoms with E-state index in [0.717, 1.165) is 31.4 Å². The van der Waals surface area contributed by atoms with Crippen molar-refractivity contribution in [2.24, 2.45) is 11.3 Å². The van der Waals surface area contributed by atoms with Gasteiger partial charge in [-0.15, -0.1) is 0 Å². The molecule has 1 aliphatic carbocycles. The van der Waals surface area contributed by atoms with Crippen molar-refractivity contribution in [3.63, 3.8) is 0 Å². The maximum atomic E-state index is 13.3. The van der Waals surface area contributed by atoms with E-state index in [9.17, 15) is 14.4 Å². The quantitative estimate of drug-likeness (QED) is 0.826. The predicted octanol–water partition coefficient (Wildman–Crippen LogP) is 1.29. The van der Waals surface area contributed by atoms with Crippen molar-refractivity contribution in [1.82, 2.24) is 14.8 Å². The highest BCUT2D eigenvalue weighted by Gasteiger charge is 2.45. The van der Waals surface area contributed by atoms with Gasteiger partial charge in [0.25, 0.3) is 5.56 Å². The van der Waals surface area contributed by atoms with Crippen LogP contribution in [0.25, 0.3) is 0 Å². The second kappa shape index (κ2) is 7.35. The Hall–Kier alpha value is -2.15. The van der Waals surface area contributed by atoms with E-state index >= 15 is 0 Å². The van der Waals surface area contributed by atoms with E-state index < -0.39 is 6.04 Å². The van der Waals surface area contributed by atoms with Crippen LogP contribution in [0.2, 0.25) is 0 Å². The van der Waals surface area contributed by atoms with Gasteiger partial charge in [0.05, 0.1) is 6.61 Å². The third-order valence-electron chi connectivity index (χ3n) is 6.86. The summed E-state index contributed by atoms with van der Waals surface area (Å²) in [6, 6.07) is 4.62. The molecule has 1 N–H and O–H groups in total. The lowest BCUT2D eigenvalue weighted by molar-refractivity contribution is -0.136. The molecule has 1 aromatic rings. The third kappa shape index (κ3) is 3.26. The lowest BCUT2D eigenvalue weighted by atomic mass is 9.69. The second-order valence-electron chi connectivity index (χ2n) is 8.72. The van der Waals surface area contributed by atoms with Crippen LogP contribution in [0.15, 0.2) is 23.0 Å². The van der Waals surface area contributed by atoms with Gasteiger partial charge < -0.3 is 15.0 Å². The van der Waals surface area contributed by atoms with Gasteiger partial charge in [0, 0.05) is 62.7 Å². The molecule has 0 radical (unpaired) electrons. The zero-order chi connectivity index (χ0) is 19.9. The lowest BCUT2D eigenvalue weighted by Gasteiger charge is -2.46. The van der Waals surface area contributed by atoms with E-state index in [1.165, 1.54) is 6.07 Å². The van der Waals surface area contributed by atoms with Crippen LogP contribution in [0.4, 0.5) is 0 Å². The number of aromatic nitrogens is 1. The first-order valence-corrected chi connectivity index (χ1v) is 10.2. The minimum Gasteiger partial charge on any atom is -0.384 e. The van der Waals surface area contributed by atoms with E-state index in [-0.39, 0.29) is 34.6 Å². The Morgan fingerprint density at radius 2 is 2.07 bits per heavy atom. The summed E-state index contributed by atoms with van der Waals surface area (Å²) in [5.41, 5.74) is 0.744. The minimum absolute atomic E-state index is 0.0179. The number of rotatable bonds is 5. The molecule has 28 heavy (non-hydrogen) atoms. The smallest absolute Gasteiger partial charge is 0.251 e. The fraction of sp³-hybridized carbons (Fsp3) is 0.667. The molecule has 1 saturated carbocycles. The second-order valence-corrected chi connectivity index (χ2v) is 8.72. The number of likely N-dealkylation sites (tertiary alicyclic amines) is 1. The Morgan fingerprint density at radius 1 is 1.29 bits per heavy atom. The monoisotopic (exact) mass is 387 g/mol. The Labute approximate surface area is 165 Å². The van der Waals surface area contributed by atoms with Gasteiger partial charge in [-0.3, -0.25) is 19.0 Å². The molecule has 7 heteroatoms. The number of methoxy groups -OCH3 is 1. The van der Waals surface area contributed by atoms with Crippen molar-refractivity contribution in [2.45, 2.75) is 44.6 Å². The molecule has 4 rings (SSSR count). The third-order valence-corrected chi connectivity index (χ3v) is 6.86. The van der Waals surface area contributed by atoms with Crippen molar-refractivity contribution < 1.29 is 14.3 Å². The average Bonchev–Trinajstić information content (AvgIpc) is 2.64. The number of fused-ring (bicyclic) bond motifs is 4. The first kappa shape index (κ1) is 19.2. The Kier molecular flexibility index (Phi) is 5.04. The highest BCUT2D eigenvalue weighted by Crippen LogP contribution is 2.42. The number of nitrogens with zero attached hydrogens (tertiary/aromatic N) is 2. The minimum atomic E-state index is -0.568. The van der Waals surface area contributed by atoms with E-state index in [1.54, 1.807) is 24.7 Å². The molecule has 0 spiro atoms. The van der Waals surface area contributed by atoms with E-state index in [1.807, 2.05) is 11.0 Å². The zero-order valence-electron chi connectivity index (χ0n) is 16.6. The van der Waals surface area contributed by atoms with Crippen LogP contribution in [0, 0.1) is 11.3 Å². The molecule has 0 unspecified atom stereocenters. The molecule has 2 bridgehead atoms. The van der Waals surface area contributed by atoms with Gasteiger partial charge in [0.15, 0.2) is 0 Å². The van der Waals surface area contributed by atoms with Crippen molar-refractivity contribution in [3.8, 4) is 0 Å². The maximum Gasteiger partial charge on any atom is 0.251 e.